The highest BCUT2D eigenvalue weighted by Crippen LogP contribution is 2.20. The Hall–Kier alpha value is -1.58. The summed E-state index contributed by atoms with van der Waals surface area (Å²) in [5.41, 5.74) is 0.942. The van der Waals surface area contributed by atoms with Crippen molar-refractivity contribution < 1.29 is 9.90 Å². The van der Waals surface area contributed by atoms with Crippen LogP contribution in [0.15, 0.2) is 24.5 Å². The Morgan fingerprint density at radius 1 is 1.43 bits per heavy atom. The minimum atomic E-state index is -1.000. The highest BCUT2D eigenvalue weighted by Gasteiger charge is 2.17. The Morgan fingerprint density at radius 2 is 2.00 bits per heavy atom. The first-order chi connectivity index (χ1) is 6.61. The van der Waals surface area contributed by atoms with Gasteiger partial charge in [0.2, 0.25) is 0 Å². The summed E-state index contributed by atoms with van der Waals surface area (Å²) in [5, 5.41) is 11.2. The van der Waals surface area contributed by atoms with E-state index in [0.717, 1.165) is 5.56 Å². The smallest absolute Gasteiger partial charge is 0.405 e. The van der Waals surface area contributed by atoms with Gasteiger partial charge in [-0.1, -0.05) is 13.8 Å². The molecule has 0 aromatic carbocycles. The van der Waals surface area contributed by atoms with Crippen molar-refractivity contribution in [3.63, 3.8) is 0 Å². The SMILES string of the molecule is CC(C)C(NC(=O)O)c1ccncc1. The summed E-state index contributed by atoms with van der Waals surface area (Å²) in [5.74, 6) is 0.216. The van der Waals surface area contributed by atoms with Crippen molar-refractivity contribution in [2.45, 2.75) is 19.9 Å². The van der Waals surface area contributed by atoms with Crippen LogP contribution in [0, 0.1) is 5.92 Å². The van der Waals surface area contributed by atoms with Crippen LogP contribution in [-0.2, 0) is 0 Å². The van der Waals surface area contributed by atoms with E-state index in [-0.39, 0.29) is 12.0 Å². The second-order valence-electron chi connectivity index (χ2n) is 3.45. The maximum Gasteiger partial charge on any atom is 0.405 e. The van der Waals surface area contributed by atoms with E-state index in [9.17, 15) is 4.79 Å². The third kappa shape index (κ3) is 2.73. The molecule has 0 saturated heterocycles. The lowest BCUT2D eigenvalue weighted by molar-refractivity contribution is 0.186. The number of hydrogen-bond donors (Lipinski definition) is 2. The molecule has 1 amide bonds. The maximum atomic E-state index is 10.6. The van der Waals surface area contributed by atoms with Crippen molar-refractivity contribution >= 4 is 6.09 Å². The van der Waals surface area contributed by atoms with Gasteiger partial charge in [-0.15, -0.1) is 0 Å². The van der Waals surface area contributed by atoms with E-state index in [1.54, 1.807) is 12.4 Å². The Morgan fingerprint density at radius 3 is 2.43 bits per heavy atom. The van der Waals surface area contributed by atoms with Gasteiger partial charge in [0.25, 0.3) is 0 Å². The molecule has 0 aliphatic carbocycles. The number of carboxylic acid groups (broad SMARTS) is 1. The lowest BCUT2D eigenvalue weighted by atomic mass is 9.97. The van der Waals surface area contributed by atoms with Crippen molar-refractivity contribution in [1.29, 1.82) is 0 Å². The molecule has 0 fully saturated rings. The van der Waals surface area contributed by atoms with Crippen LogP contribution >= 0.6 is 0 Å². The van der Waals surface area contributed by atoms with Gasteiger partial charge in [-0.2, -0.15) is 0 Å². The van der Waals surface area contributed by atoms with Crippen LogP contribution in [0.1, 0.15) is 25.5 Å². The average Bonchev–Trinajstić information content (AvgIpc) is 2.15. The topological polar surface area (TPSA) is 62.2 Å². The van der Waals surface area contributed by atoms with Crippen LogP contribution < -0.4 is 5.32 Å². The van der Waals surface area contributed by atoms with Gasteiger partial charge in [0.1, 0.15) is 0 Å². The molecule has 4 nitrogen and oxygen atoms in total. The lowest BCUT2D eigenvalue weighted by Crippen LogP contribution is -2.30. The molecule has 0 saturated carbocycles. The zero-order chi connectivity index (χ0) is 10.6. The third-order valence-electron chi connectivity index (χ3n) is 2.01. The summed E-state index contributed by atoms with van der Waals surface area (Å²) in [6.07, 6.45) is 2.32. The van der Waals surface area contributed by atoms with Gasteiger partial charge < -0.3 is 10.4 Å². The van der Waals surface area contributed by atoms with Gasteiger partial charge >= 0.3 is 6.09 Å². The molecule has 1 heterocycles. The van der Waals surface area contributed by atoms with E-state index in [1.807, 2.05) is 26.0 Å². The molecule has 1 unspecified atom stereocenters. The molecular formula is C10H14N2O2. The second kappa shape index (κ2) is 4.60. The van der Waals surface area contributed by atoms with Crippen LogP contribution in [-0.4, -0.2) is 16.2 Å². The molecule has 0 spiro atoms. The maximum absolute atomic E-state index is 10.6. The average molecular weight is 194 g/mol. The predicted molar refractivity (Wildman–Crippen MR) is 53.0 cm³/mol. The largest absolute Gasteiger partial charge is 0.465 e. The Bertz CT molecular complexity index is 298. The molecule has 1 aromatic heterocycles. The van der Waals surface area contributed by atoms with Gasteiger partial charge in [0, 0.05) is 12.4 Å². The standard InChI is InChI=1S/C10H14N2O2/c1-7(2)9(12-10(13)14)8-3-5-11-6-4-8/h3-7,9,12H,1-2H3,(H,13,14). The van der Waals surface area contributed by atoms with E-state index in [0.29, 0.717) is 0 Å². The van der Waals surface area contributed by atoms with E-state index < -0.39 is 6.09 Å². The number of hydrogen-bond acceptors (Lipinski definition) is 2. The summed E-state index contributed by atoms with van der Waals surface area (Å²) in [6, 6.07) is 3.47. The second-order valence-corrected chi connectivity index (χ2v) is 3.45. The molecule has 4 heteroatoms. The molecule has 0 radical (unpaired) electrons. The number of pyridine rings is 1. The molecule has 0 aliphatic rings. The van der Waals surface area contributed by atoms with Crippen LogP contribution in [0.4, 0.5) is 4.79 Å². The summed E-state index contributed by atoms with van der Waals surface area (Å²) in [4.78, 5) is 14.5. The van der Waals surface area contributed by atoms with Crippen LogP contribution in [0.25, 0.3) is 0 Å². The molecule has 2 N–H and O–H groups in total. The third-order valence-corrected chi connectivity index (χ3v) is 2.01. The van der Waals surface area contributed by atoms with Gasteiger partial charge in [0.15, 0.2) is 0 Å². The fourth-order valence-corrected chi connectivity index (χ4v) is 1.34. The number of aromatic nitrogens is 1. The number of carbonyl (C=O) groups is 1. The molecule has 76 valence electrons. The zero-order valence-electron chi connectivity index (χ0n) is 8.27. The van der Waals surface area contributed by atoms with Gasteiger partial charge in [-0.25, -0.2) is 4.79 Å². The molecule has 0 aliphatic heterocycles. The van der Waals surface area contributed by atoms with E-state index >= 15 is 0 Å². The quantitative estimate of drug-likeness (QED) is 0.774. The summed E-state index contributed by atoms with van der Waals surface area (Å²) >= 11 is 0. The number of nitrogens with one attached hydrogen (secondary N) is 1. The van der Waals surface area contributed by atoms with Crippen LogP contribution in [0.3, 0.4) is 0 Å². The van der Waals surface area contributed by atoms with E-state index in [2.05, 4.69) is 10.3 Å². The molecule has 14 heavy (non-hydrogen) atoms. The van der Waals surface area contributed by atoms with Crippen LogP contribution in [0.2, 0.25) is 0 Å². The minimum absolute atomic E-state index is 0.171. The first-order valence-electron chi connectivity index (χ1n) is 4.50. The monoisotopic (exact) mass is 194 g/mol. The van der Waals surface area contributed by atoms with Crippen molar-refractivity contribution in [3.05, 3.63) is 30.1 Å². The fraction of sp³-hybridized carbons (Fsp3) is 0.400. The molecule has 1 aromatic rings. The fourth-order valence-electron chi connectivity index (χ4n) is 1.34. The Balaban J connectivity index is 2.83. The zero-order valence-corrected chi connectivity index (χ0v) is 8.27. The van der Waals surface area contributed by atoms with E-state index in [1.165, 1.54) is 0 Å². The predicted octanol–water partition coefficient (Wildman–Crippen LogP) is 2.05. The lowest BCUT2D eigenvalue weighted by Gasteiger charge is -2.20. The van der Waals surface area contributed by atoms with Crippen molar-refractivity contribution in [2.24, 2.45) is 5.92 Å². The number of rotatable bonds is 3. The van der Waals surface area contributed by atoms with Crippen molar-refractivity contribution in [1.82, 2.24) is 10.3 Å². The van der Waals surface area contributed by atoms with Crippen molar-refractivity contribution in [2.75, 3.05) is 0 Å². The first-order valence-corrected chi connectivity index (χ1v) is 4.50. The molecule has 1 atom stereocenters. The molecule has 1 rings (SSSR count). The molecular weight excluding hydrogens is 180 g/mol. The number of amides is 1. The van der Waals surface area contributed by atoms with E-state index in [4.69, 9.17) is 5.11 Å². The molecule has 0 bridgehead atoms. The normalized spacial score (nSPS) is 12.5. The van der Waals surface area contributed by atoms with Gasteiger partial charge in [-0.3, -0.25) is 4.98 Å². The highest BCUT2D eigenvalue weighted by molar-refractivity contribution is 5.65. The highest BCUT2D eigenvalue weighted by atomic mass is 16.4. The Kier molecular flexibility index (Phi) is 3.45. The summed E-state index contributed by atoms with van der Waals surface area (Å²) in [6.45, 7) is 3.95. The Labute approximate surface area is 83.0 Å². The van der Waals surface area contributed by atoms with Gasteiger partial charge in [-0.05, 0) is 23.6 Å². The number of nitrogens with zero attached hydrogens (tertiary/aromatic N) is 1. The first kappa shape index (κ1) is 10.5. The summed E-state index contributed by atoms with van der Waals surface area (Å²) < 4.78 is 0. The van der Waals surface area contributed by atoms with Crippen LogP contribution in [0.5, 0.6) is 0 Å². The van der Waals surface area contributed by atoms with Gasteiger partial charge in [0.05, 0.1) is 6.04 Å². The minimum Gasteiger partial charge on any atom is -0.465 e. The summed E-state index contributed by atoms with van der Waals surface area (Å²) in [7, 11) is 0. The van der Waals surface area contributed by atoms with Crippen molar-refractivity contribution in [3.8, 4) is 0 Å².